The van der Waals surface area contributed by atoms with Crippen LogP contribution in [0.2, 0.25) is 0 Å². The Hall–Kier alpha value is -2.10. The molecule has 0 saturated carbocycles. The zero-order chi connectivity index (χ0) is 16.0. The Morgan fingerprint density at radius 1 is 1.33 bits per heavy atom. The molecule has 0 aliphatic carbocycles. The number of ether oxygens (including phenoxy) is 1. The van der Waals surface area contributed by atoms with Crippen LogP contribution in [0.25, 0.3) is 0 Å². The van der Waals surface area contributed by atoms with Gasteiger partial charge in [-0.3, -0.25) is 25.1 Å². The van der Waals surface area contributed by atoms with Gasteiger partial charge in [0.1, 0.15) is 0 Å². The molecular weight excluding hydrogens is 282 g/mol. The van der Waals surface area contributed by atoms with Gasteiger partial charge in [-0.2, -0.15) is 0 Å². The number of likely N-dealkylation sites (N-methyl/N-ethyl adjacent to an activating group) is 1. The normalized spacial score (nSPS) is 12.4. The fourth-order valence-corrected chi connectivity index (χ4v) is 1.93. The summed E-state index contributed by atoms with van der Waals surface area (Å²) in [6.45, 7) is 0.615. The third-order valence-electron chi connectivity index (χ3n) is 2.80. The standard InChI is InChI=1S/C12H17N3O6/c1-13(7-11(16)8-21-2)6-9-3-4-10(14(17)18)5-12(9)15(19)20/h3-5,11,16H,6-8H2,1-2H3. The zero-order valence-electron chi connectivity index (χ0n) is 11.8. The van der Waals surface area contributed by atoms with E-state index in [0.29, 0.717) is 5.56 Å². The SMILES string of the molecule is COCC(O)CN(C)Cc1ccc([N+](=O)[O-])cc1[N+](=O)[O-]. The number of non-ortho nitro benzene ring substituents is 1. The van der Waals surface area contributed by atoms with Gasteiger partial charge in [0.2, 0.25) is 0 Å². The van der Waals surface area contributed by atoms with Gasteiger partial charge in [-0.1, -0.05) is 0 Å². The minimum atomic E-state index is -0.711. The molecule has 0 radical (unpaired) electrons. The van der Waals surface area contributed by atoms with Crippen LogP contribution in [0, 0.1) is 20.2 Å². The van der Waals surface area contributed by atoms with Gasteiger partial charge in [0.25, 0.3) is 11.4 Å². The molecule has 0 heterocycles. The first-order chi connectivity index (χ1) is 9.85. The quantitative estimate of drug-likeness (QED) is 0.560. The van der Waals surface area contributed by atoms with E-state index in [0.717, 1.165) is 6.07 Å². The van der Waals surface area contributed by atoms with Crippen molar-refractivity contribution < 1.29 is 19.7 Å². The van der Waals surface area contributed by atoms with Crippen LogP contribution in [0.5, 0.6) is 0 Å². The van der Waals surface area contributed by atoms with Gasteiger partial charge >= 0.3 is 0 Å². The van der Waals surface area contributed by atoms with Gasteiger partial charge in [-0.05, 0) is 13.1 Å². The number of nitro groups is 2. The third-order valence-corrected chi connectivity index (χ3v) is 2.80. The lowest BCUT2D eigenvalue weighted by molar-refractivity contribution is -0.394. The number of aliphatic hydroxyl groups excluding tert-OH is 1. The molecule has 0 fully saturated rings. The van der Waals surface area contributed by atoms with E-state index in [-0.39, 0.29) is 31.1 Å². The lowest BCUT2D eigenvalue weighted by Crippen LogP contribution is -2.31. The Labute approximate surface area is 121 Å². The van der Waals surface area contributed by atoms with Crippen LogP contribution in [0.3, 0.4) is 0 Å². The second kappa shape index (κ2) is 7.62. The van der Waals surface area contributed by atoms with Crippen molar-refractivity contribution in [1.29, 1.82) is 0 Å². The van der Waals surface area contributed by atoms with Crippen molar-refractivity contribution in [3.8, 4) is 0 Å². The fraction of sp³-hybridized carbons (Fsp3) is 0.500. The second-order valence-corrected chi connectivity index (χ2v) is 4.63. The largest absolute Gasteiger partial charge is 0.389 e. The van der Waals surface area contributed by atoms with E-state index in [1.165, 1.54) is 19.2 Å². The van der Waals surface area contributed by atoms with E-state index in [2.05, 4.69) is 0 Å². The molecule has 21 heavy (non-hydrogen) atoms. The average Bonchev–Trinajstić information content (AvgIpc) is 2.38. The highest BCUT2D eigenvalue weighted by Gasteiger charge is 2.20. The maximum Gasteiger partial charge on any atom is 0.280 e. The van der Waals surface area contributed by atoms with Crippen molar-refractivity contribution in [2.24, 2.45) is 0 Å². The minimum absolute atomic E-state index is 0.159. The molecule has 9 heteroatoms. The maximum atomic E-state index is 11.0. The van der Waals surface area contributed by atoms with Crippen LogP contribution in [0.15, 0.2) is 18.2 Å². The van der Waals surface area contributed by atoms with E-state index in [4.69, 9.17) is 4.74 Å². The van der Waals surface area contributed by atoms with E-state index < -0.39 is 16.0 Å². The second-order valence-electron chi connectivity index (χ2n) is 4.63. The summed E-state index contributed by atoms with van der Waals surface area (Å²) in [6.07, 6.45) is -0.711. The van der Waals surface area contributed by atoms with Gasteiger partial charge in [0.15, 0.2) is 0 Å². The van der Waals surface area contributed by atoms with Crippen LogP contribution >= 0.6 is 0 Å². The Morgan fingerprint density at radius 2 is 2.00 bits per heavy atom. The van der Waals surface area contributed by atoms with E-state index in [9.17, 15) is 25.3 Å². The molecule has 0 bridgehead atoms. The van der Waals surface area contributed by atoms with Gasteiger partial charge in [-0.15, -0.1) is 0 Å². The number of hydrogen-bond acceptors (Lipinski definition) is 7. The van der Waals surface area contributed by atoms with Crippen LogP contribution in [0.4, 0.5) is 11.4 Å². The highest BCUT2D eigenvalue weighted by Crippen LogP contribution is 2.25. The molecule has 0 aromatic heterocycles. The molecule has 1 N–H and O–H groups in total. The van der Waals surface area contributed by atoms with Crippen LogP contribution in [0.1, 0.15) is 5.56 Å². The Bertz CT molecular complexity index is 522. The Balaban J connectivity index is 2.87. The zero-order valence-corrected chi connectivity index (χ0v) is 11.8. The molecule has 0 aliphatic rings. The minimum Gasteiger partial charge on any atom is -0.389 e. The molecule has 1 aromatic rings. The van der Waals surface area contributed by atoms with Gasteiger partial charge in [-0.25, -0.2) is 0 Å². The smallest absolute Gasteiger partial charge is 0.280 e. The van der Waals surface area contributed by atoms with E-state index in [1.54, 1.807) is 11.9 Å². The molecule has 0 spiro atoms. The summed E-state index contributed by atoms with van der Waals surface area (Å²) in [5.41, 5.74) is -0.289. The van der Waals surface area contributed by atoms with Crippen LogP contribution in [-0.4, -0.2) is 53.3 Å². The lowest BCUT2D eigenvalue weighted by atomic mass is 10.1. The summed E-state index contributed by atoms with van der Waals surface area (Å²) in [7, 11) is 3.15. The van der Waals surface area contributed by atoms with Gasteiger partial charge in [0, 0.05) is 31.8 Å². The molecule has 9 nitrogen and oxygen atoms in total. The molecule has 1 aromatic carbocycles. The van der Waals surface area contributed by atoms with Crippen molar-refractivity contribution in [2.45, 2.75) is 12.6 Å². The summed E-state index contributed by atoms with van der Waals surface area (Å²) < 4.78 is 4.80. The van der Waals surface area contributed by atoms with Gasteiger partial charge in [0.05, 0.1) is 28.6 Å². The molecule has 1 atom stereocenters. The number of nitro benzene ring substituents is 2. The summed E-state index contributed by atoms with van der Waals surface area (Å²) in [5, 5.41) is 31.3. The Morgan fingerprint density at radius 3 is 2.52 bits per heavy atom. The molecule has 1 rings (SSSR count). The molecule has 116 valence electrons. The van der Waals surface area contributed by atoms with Crippen molar-refractivity contribution in [3.63, 3.8) is 0 Å². The molecule has 1 unspecified atom stereocenters. The lowest BCUT2D eigenvalue weighted by Gasteiger charge is -2.20. The first-order valence-corrected chi connectivity index (χ1v) is 6.12. The van der Waals surface area contributed by atoms with E-state index >= 15 is 0 Å². The van der Waals surface area contributed by atoms with E-state index in [1.807, 2.05) is 0 Å². The number of benzene rings is 1. The molecular formula is C12H17N3O6. The summed E-state index contributed by atoms with van der Waals surface area (Å²) in [5.74, 6) is 0. The summed E-state index contributed by atoms with van der Waals surface area (Å²) in [6, 6.07) is 3.52. The first kappa shape index (κ1) is 17.0. The van der Waals surface area contributed by atoms with Crippen LogP contribution < -0.4 is 0 Å². The molecule has 0 aliphatic heterocycles. The maximum absolute atomic E-state index is 11.0. The number of hydrogen-bond donors (Lipinski definition) is 1. The number of methoxy groups -OCH3 is 1. The van der Waals surface area contributed by atoms with Crippen molar-refractivity contribution in [1.82, 2.24) is 4.90 Å². The van der Waals surface area contributed by atoms with Crippen molar-refractivity contribution >= 4 is 11.4 Å². The average molecular weight is 299 g/mol. The summed E-state index contributed by atoms with van der Waals surface area (Å²) in [4.78, 5) is 22.0. The molecule has 0 saturated heterocycles. The monoisotopic (exact) mass is 299 g/mol. The summed E-state index contributed by atoms with van der Waals surface area (Å²) >= 11 is 0. The number of aliphatic hydroxyl groups is 1. The highest BCUT2D eigenvalue weighted by atomic mass is 16.6. The Kier molecular flexibility index (Phi) is 6.15. The van der Waals surface area contributed by atoms with Crippen molar-refractivity contribution in [3.05, 3.63) is 44.0 Å². The van der Waals surface area contributed by atoms with Crippen LogP contribution in [-0.2, 0) is 11.3 Å². The van der Waals surface area contributed by atoms with Gasteiger partial charge < -0.3 is 9.84 Å². The number of rotatable bonds is 8. The predicted octanol–water partition coefficient (Wildman–Crippen LogP) is 0.942. The third kappa shape index (κ3) is 5.06. The fourth-order valence-electron chi connectivity index (χ4n) is 1.93. The first-order valence-electron chi connectivity index (χ1n) is 6.12. The molecule has 0 amide bonds. The highest BCUT2D eigenvalue weighted by molar-refractivity contribution is 5.49. The predicted molar refractivity (Wildman–Crippen MR) is 74.0 cm³/mol. The topological polar surface area (TPSA) is 119 Å². The van der Waals surface area contributed by atoms with Crippen molar-refractivity contribution in [2.75, 3.05) is 27.3 Å². The number of nitrogens with zero attached hydrogens (tertiary/aromatic N) is 3.